The Morgan fingerprint density at radius 2 is 2.12 bits per heavy atom. The van der Waals surface area contributed by atoms with E-state index in [1.807, 2.05) is 32.9 Å². The maximum absolute atomic E-state index is 12.0. The molecule has 0 aliphatic carbocycles. The Hall–Kier alpha value is -0.540. The lowest BCUT2D eigenvalue weighted by molar-refractivity contribution is 0.0920. The normalized spacial score (nSPS) is 11.3. The van der Waals surface area contributed by atoms with Crippen LogP contribution in [-0.2, 0) is 0 Å². The molecule has 0 saturated carbocycles. The Labute approximate surface area is 110 Å². The van der Waals surface area contributed by atoms with E-state index in [1.54, 1.807) is 6.07 Å². The standard InChI is InChI=1S/C12H15BrClNO/c1-8-9(5-4-6-10(8)13)11(16)15-12(2,3)7-14/h4-6H,7H2,1-3H3,(H,15,16). The summed E-state index contributed by atoms with van der Waals surface area (Å²) in [7, 11) is 0. The summed E-state index contributed by atoms with van der Waals surface area (Å²) in [6, 6.07) is 5.57. The van der Waals surface area contributed by atoms with Crippen LogP contribution in [0.5, 0.6) is 0 Å². The third-order valence-electron chi connectivity index (χ3n) is 2.30. The van der Waals surface area contributed by atoms with Crippen molar-refractivity contribution in [2.75, 3.05) is 5.88 Å². The molecule has 0 aliphatic heterocycles. The average molecular weight is 305 g/mol. The van der Waals surface area contributed by atoms with E-state index in [2.05, 4.69) is 21.2 Å². The van der Waals surface area contributed by atoms with Crippen molar-refractivity contribution in [2.24, 2.45) is 0 Å². The highest BCUT2D eigenvalue weighted by atomic mass is 79.9. The van der Waals surface area contributed by atoms with Gasteiger partial charge in [-0.15, -0.1) is 11.6 Å². The lowest BCUT2D eigenvalue weighted by Crippen LogP contribution is -2.45. The van der Waals surface area contributed by atoms with Gasteiger partial charge < -0.3 is 5.32 Å². The molecule has 0 aliphatic rings. The molecule has 0 fully saturated rings. The Morgan fingerprint density at radius 1 is 1.50 bits per heavy atom. The molecule has 88 valence electrons. The van der Waals surface area contributed by atoms with E-state index in [0.29, 0.717) is 11.4 Å². The number of halogens is 2. The second kappa shape index (κ2) is 5.19. The smallest absolute Gasteiger partial charge is 0.252 e. The van der Waals surface area contributed by atoms with Crippen molar-refractivity contribution >= 4 is 33.4 Å². The van der Waals surface area contributed by atoms with Crippen molar-refractivity contribution in [3.63, 3.8) is 0 Å². The molecule has 1 aromatic carbocycles. The van der Waals surface area contributed by atoms with Crippen LogP contribution in [0.4, 0.5) is 0 Å². The predicted molar refractivity (Wildman–Crippen MR) is 71.1 cm³/mol. The first kappa shape index (κ1) is 13.5. The minimum Gasteiger partial charge on any atom is -0.346 e. The Kier molecular flexibility index (Phi) is 4.39. The molecule has 0 heterocycles. The van der Waals surface area contributed by atoms with Crippen molar-refractivity contribution in [3.05, 3.63) is 33.8 Å². The fourth-order valence-electron chi connectivity index (χ4n) is 1.26. The fourth-order valence-corrected chi connectivity index (χ4v) is 1.69. The molecule has 0 aromatic heterocycles. The summed E-state index contributed by atoms with van der Waals surface area (Å²) < 4.78 is 0.934. The lowest BCUT2D eigenvalue weighted by Gasteiger charge is -2.23. The molecule has 0 unspecified atom stereocenters. The number of carbonyl (C=O) groups excluding carboxylic acids is 1. The Bertz CT molecular complexity index is 404. The van der Waals surface area contributed by atoms with Gasteiger partial charge in [-0.05, 0) is 38.5 Å². The van der Waals surface area contributed by atoms with Gasteiger partial charge in [-0.2, -0.15) is 0 Å². The quantitative estimate of drug-likeness (QED) is 0.851. The van der Waals surface area contributed by atoms with Crippen LogP contribution in [0.25, 0.3) is 0 Å². The number of benzene rings is 1. The van der Waals surface area contributed by atoms with Crippen LogP contribution in [0.15, 0.2) is 22.7 Å². The molecule has 1 N–H and O–H groups in total. The van der Waals surface area contributed by atoms with E-state index < -0.39 is 5.54 Å². The molecule has 0 bridgehead atoms. The zero-order chi connectivity index (χ0) is 12.3. The van der Waals surface area contributed by atoms with Crippen molar-refractivity contribution < 1.29 is 4.79 Å². The van der Waals surface area contributed by atoms with Crippen molar-refractivity contribution in [1.29, 1.82) is 0 Å². The zero-order valence-corrected chi connectivity index (χ0v) is 11.9. The number of rotatable bonds is 3. The number of hydrogen-bond acceptors (Lipinski definition) is 1. The summed E-state index contributed by atoms with van der Waals surface area (Å²) in [5.74, 6) is 0.288. The maximum Gasteiger partial charge on any atom is 0.252 e. The van der Waals surface area contributed by atoms with Gasteiger partial charge >= 0.3 is 0 Å². The molecule has 0 saturated heterocycles. The number of amides is 1. The fraction of sp³-hybridized carbons (Fsp3) is 0.417. The zero-order valence-electron chi connectivity index (χ0n) is 9.60. The summed E-state index contributed by atoms with van der Waals surface area (Å²) >= 11 is 9.18. The monoisotopic (exact) mass is 303 g/mol. The van der Waals surface area contributed by atoms with E-state index in [1.165, 1.54) is 0 Å². The van der Waals surface area contributed by atoms with Gasteiger partial charge in [0, 0.05) is 21.5 Å². The van der Waals surface area contributed by atoms with Crippen LogP contribution in [0, 0.1) is 6.92 Å². The predicted octanol–water partition coefficient (Wildman–Crippen LogP) is 3.50. The SMILES string of the molecule is Cc1c(Br)cccc1C(=O)NC(C)(C)CCl. The topological polar surface area (TPSA) is 29.1 Å². The second-order valence-corrected chi connectivity index (χ2v) is 5.51. The van der Waals surface area contributed by atoms with Gasteiger partial charge in [-0.25, -0.2) is 0 Å². The highest BCUT2D eigenvalue weighted by molar-refractivity contribution is 9.10. The molecular weight excluding hydrogens is 289 g/mol. The van der Waals surface area contributed by atoms with E-state index in [-0.39, 0.29) is 5.91 Å². The molecule has 0 radical (unpaired) electrons. The molecule has 4 heteroatoms. The third kappa shape index (κ3) is 3.22. The molecule has 0 spiro atoms. The van der Waals surface area contributed by atoms with E-state index >= 15 is 0 Å². The summed E-state index contributed by atoms with van der Waals surface area (Å²) in [5, 5.41) is 2.90. The first-order valence-electron chi connectivity index (χ1n) is 5.01. The van der Waals surface area contributed by atoms with Crippen LogP contribution in [0.1, 0.15) is 29.8 Å². The third-order valence-corrected chi connectivity index (χ3v) is 3.83. The highest BCUT2D eigenvalue weighted by Crippen LogP contribution is 2.20. The summed E-state index contributed by atoms with van der Waals surface area (Å²) in [6.45, 7) is 5.70. The van der Waals surface area contributed by atoms with Crippen LogP contribution in [0.2, 0.25) is 0 Å². The second-order valence-electron chi connectivity index (χ2n) is 4.38. The lowest BCUT2D eigenvalue weighted by atomic mass is 10.0. The molecule has 1 aromatic rings. The van der Waals surface area contributed by atoms with Gasteiger partial charge in [0.25, 0.3) is 5.91 Å². The first-order valence-corrected chi connectivity index (χ1v) is 6.34. The Balaban J connectivity index is 2.94. The van der Waals surface area contributed by atoms with Crippen LogP contribution < -0.4 is 5.32 Å². The largest absolute Gasteiger partial charge is 0.346 e. The van der Waals surface area contributed by atoms with Crippen LogP contribution >= 0.6 is 27.5 Å². The highest BCUT2D eigenvalue weighted by Gasteiger charge is 2.21. The number of hydrogen-bond donors (Lipinski definition) is 1. The van der Waals surface area contributed by atoms with Gasteiger partial charge in [0.15, 0.2) is 0 Å². The minimum atomic E-state index is -0.395. The van der Waals surface area contributed by atoms with Crippen molar-refractivity contribution in [3.8, 4) is 0 Å². The number of carbonyl (C=O) groups is 1. The maximum atomic E-state index is 12.0. The van der Waals surface area contributed by atoms with Gasteiger partial charge in [-0.3, -0.25) is 4.79 Å². The Morgan fingerprint density at radius 3 is 2.69 bits per heavy atom. The molecule has 2 nitrogen and oxygen atoms in total. The summed E-state index contributed by atoms with van der Waals surface area (Å²) in [4.78, 5) is 12.0. The van der Waals surface area contributed by atoms with Gasteiger partial charge in [-0.1, -0.05) is 22.0 Å². The molecule has 1 rings (SSSR count). The number of alkyl halides is 1. The van der Waals surface area contributed by atoms with Gasteiger partial charge in [0.1, 0.15) is 0 Å². The van der Waals surface area contributed by atoms with E-state index in [4.69, 9.17) is 11.6 Å². The first-order chi connectivity index (χ1) is 7.37. The van der Waals surface area contributed by atoms with Gasteiger partial charge in [0.05, 0.1) is 0 Å². The van der Waals surface area contributed by atoms with Crippen LogP contribution in [0.3, 0.4) is 0 Å². The average Bonchev–Trinajstić information content (AvgIpc) is 2.21. The molecule has 16 heavy (non-hydrogen) atoms. The van der Waals surface area contributed by atoms with Crippen molar-refractivity contribution in [2.45, 2.75) is 26.3 Å². The van der Waals surface area contributed by atoms with E-state index in [0.717, 1.165) is 10.0 Å². The summed E-state index contributed by atoms with van der Waals surface area (Å²) in [6.07, 6.45) is 0. The minimum absolute atomic E-state index is 0.0931. The molecule has 1 amide bonds. The summed E-state index contributed by atoms with van der Waals surface area (Å²) in [5.41, 5.74) is 1.21. The van der Waals surface area contributed by atoms with Crippen molar-refractivity contribution in [1.82, 2.24) is 5.32 Å². The number of nitrogens with one attached hydrogen (secondary N) is 1. The van der Waals surface area contributed by atoms with Gasteiger partial charge in [0.2, 0.25) is 0 Å². The van der Waals surface area contributed by atoms with Crippen LogP contribution in [-0.4, -0.2) is 17.3 Å². The molecular formula is C12H15BrClNO. The van der Waals surface area contributed by atoms with E-state index in [9.17, 15) is 4.79 Å². The molecule has 0 atom stereocenters.